The van der Waals surface area contributed by atoms with Gasteiger partial charge in [0, 0.05) is 25.2 Å². The van der Waals surface area contributed by atoms with Crippen LogP contribution in [0, 0.1) is 0 Å². The fourth-order valence-corrected chi connectivity index (χ4v) is 2.18. The zero-order valence-corrected chi connectivity index (χ0v) is 9.87. The van der Waals surface area contributed by atoms with E-state index in [9.17, 15) is 8.42 Å². The molecule has 0 fully saturated rings. The molecule has 0 amide bonds. The molecule has 0 saturated carbocycles. The zero-order valence-electron chi connectivity index (χ0n) is 9.06. The van der Waals surface area contributed by atoms with Crippen molar-refractivity contribution in [2.45, 2.75) is 31.5 Å². The minimum Gasteiger partial charge on any atom is -0.310 e. The minimum absolute atomic E-state index is 0.0654. The summed E-state index contributed by atoms with van der Waals surface area (Å²) in [5.41, 5.74) is 0.591. The quantitative estimate of drug-likeness (QED) is 0.736. The molecule has 0 aromatic carbocycles. The van der Waals surface area contributed by atoms with Crippen molar-refractivity contribution in [3.8, 4) is 0 Å². The Morgan fingerprint density at radius 1 is 1.60 bits per heavy atom. The lowest BCUT2D eigenvalue weighted by atomic mass is 10.3. The van der Waals surface area contributed by atoms with E-state index in [2.05, 4.69) is 10.4 Å². The number of primary sulfonamides is 1. The summed E-state index contributed by atoms with van der Waals surface area (Å²) >= 11 is 0. The molecular formula is C8H16N4O2S. The lowest BCUT2D eigenvalue weighted by Crippen LogP contribution is -2.24. The van der Waals surface area contributed by atoms with Gasteiger partial charge in [0.25, 0.3) is 10.0 Å². The molecule has 0 bridgehead atoms. The first-order chi connectivity index (χ1) is 6.82. The molecule has 86 valence electrons. The Labute approximate surface area is 89.5 Å². The summed E-state index contributed by atoms with van der Waals surface area (Å²) in [4.78, 5) is 0. The Hall–Kier alpha value is -0.920. The van der Waals surface area contributed by atoms with Gasteiger partial charge in [-0.2, -0.15) is 5.10 Å². The summed E-state index contributed by atoms with van der Waals surface area (Å²) < 4.78 is 23.8. The van der Waals surface area contributed by atoms with Gasteiger partial charge in [-0.25, -0.2) is 13.6 Å². The largest absolute Gasteiger partial charge is 0.310 e. The van der Waals surface area contributed by atoms with E-state index in [-0.39, 0.29) is 11.1 Å². The van der Waals surface area contributed by atoms with E-state index in [0.717, 1.165) is 0 Å². The van der Waals surface area contributed by atoms with Crippen LogP contribution in [0.1, 0.15) is 19.4 Å². The Morgan fingerprint density at radius 3 is 2.67 bits per heavy atom. The van der Waals surface area contributed by atoms with Crippen molar-refractivity contribution in [1.82, 2.24) is 15.1 Å². The third-order valence-electron chi connectivity index (χ3n) is 1.93. The molecule has 1 heterocycles. The van der Waals surface area contributed by atoms with Crippen LogP contribution in [0.25, 0.3) is 0 Å². The van der Waals surface area contributed by atoms with Crippen LogP contribution in [0.3, 0.4) is 0 Å². The highest BCUT2D eigenvalue weighted by atomic mass is 32.2. The maximum Gasteiger partial charge on any atom is 0.255 e. The molecule has 0 spiro atoms. The molecule has 0 atom stereocenters. The van der Waals surface area contributed by atoms with Crippen LogP contribution >= 0.6 is 0 Å². The molecule has 0 unspecified atom stereocenters. The van der Waals surface area contributed by atoms with E-state index in [4.69, 9.17) is 5.14 Å². The molecule has 3 N–H and O–H groups in total. The van der Waals surface area contributed by atoms with E-state index in [0.29, 0.717) is 12.1 Å². The molecule has 0 aliphatic heterocycles. The number of hydrogen-bond donors (Lipinski definition) is 2. The van der Waals surface area contributed by atoms with Crippen LogP contribution in [0.4, 0.5) is 0 Å². The number of nitrogens with one attached hydrogen (secondary N) is 1. The van der Waals surface area contributed by atoms with Crippen LogP contribution in [0.2, 0.25) is 0 Å². The number of sulfonamides is 1. The third kappa shape index (κ3) is 3.01. The number of aryl methyl sites for hydroxylation is 1. The van der Waals surface area contributed by atoms with Crippen molar-refractivity contribution < 1.29 is 8.42 Å². The van der Waals surface area contributed by atoms with Crippen molar-refractivity contribution in [2.24, 2.45) is 12.2 Å². The van der Waals surface area contributed by atoms with E-state index in [1.807, 2.05) is 13.8 Å². The van der Waals surface area contributed by atoms with Gasteiger partial charge in [-0.1, -0.05) is 13.8 Å². The molecule has 0 aliphatic rings. The monoisotopic (exact) mass is 232 g/mol. The van der Waals surface area contributed by atoms with E-state index < -0.39 is 10.0 Å². The molecule has 0 radical (unpaired) electrons. The molecule has 0 aliphatic carbocycles. The second-order valence-corrected chi connectivity index (χ2v) is 5.16. The minimum atomic E-state index is -3.71. The third-order valence-corrected chi connectivity index (χ3v) is 2.99. The van der Waals surface area contributed by atoms with Crippen molar-refractivity contribution >= 4 is 10.0 Å². The van der Waals surface area contributed by atoms with Crippen LogP contribution in [-0.4, -0.2) is 24.2 Å². The number of hydrogen-bond acceptors (Lipinski definition) is 4. The Morgan fingerprint density at radius 2 is 2.20 bits per heavy atom. The summed E-state index contributed by atoms with van der Waals surface area (Å²) in [7, 11) is -2.15. The summed E-state index contributed by atoms with van der Waals surface area (Å²) in [6, 6.07) is 0.276. The number of nitrogens with two attached hydrogens (primary N) is 1. The Balaban J connectivity index is 3.00. The lowest BCUT2D eigenvalue weighted by molar-refractivity contribution is 0.560. The van der Waals surface area contributed by atoms with Crippen LogP contribution in [0.15, 0.2) is 11.2 Å². The van der Waals surface area contributed by atoms with Crippen LogP contribution in [0.5, 0.6) is 0 Å². The highest BCUT2D eigenvalue weighted by molar-refractivity contribution is 7.89. The topological polar surface area (TPSA) is 90.0 Å². The van der Waals surface area contributed by atoms with Gasteiger partial charge in [0.05, 0.1) is 6.20 Å². The second kappa shape index (κ2) is 4.30. The first-order valence-corrected chi connectivity index (χ1v) is 6.14. The molecular weight excluding hydrogens is 216 g/mol. The molecule has 1 aromatic rings. The maximum atomic E-state index is 11.3. The van der Waals surface area contributed by atoms with Crippen molar-refractivity contribution in [2.75, 3.05) is 0 Å². The summed E-state index contributed by atoms with van der Waals surface area (Å²) in [5, 5.41) is 12.2. The highest BCUT2D eigenvalue weighted by Gasteiger charge is 2.18. The van der Waals surface area contributed by atoms with Gasteiger partial charge in [-0.15, -0.1) is 0 Å². The van der Waals surface area contributed by atoms with Gasteiger partial charge in [-0.05, 0) is 0 Å². The fraction of sp³-hybridized carbons (Fsp3) is 0.625. The zero-order chi connectivity index (χ0) is 11.6. The number of nitrogens with zero attached hydrogens (tertiary/aromatic N) is 2. The summed E-state index contributed by atoms with van der Waals surface area (Å²) in [5.74, 6) is 0. The second-order valence-electron chi connectivity index (χ2n) is 3.68. The average molecular weight is 232 g/mol. The van der Waals surface area contributed by atoms with Gasteiger partial charge in [0.15, 0.2) is 5.03 Å². The van der Waals surface area contributed by atoms with Crippen molar-refractivity contribution in [3.63, 3.8) is 0 Å². The SMILES string of the molecule is CC(C)NCc1cnn(C)c1S(N)(=O)=O. The summed E-state index contributed by atoms with van der Waals surface area (Å²) in [6.07, 6.45) is 1.51. The van der Waals surface area contributed by atoms with Gasteiger partial charge in [0.2, 0.25) is 0 Å². The predicted molar refractivity (Wildman–Crippen MR) is 56.6 cm³/mol. The molecule has 7 heteroatoms. The standard InChI is InChI=1S/C8H16N4O2S/c1-6(2)10-4-7-5-11-12(3)8(7)15(9,13)14/h5-6,10H,4H2,1-3H3,(H2,9,13,14). The molecule has 6 nitrogen and oxygen atoms in total. The maximum absolute atomic E-state index is 11.3. The molecule has 0 saturated heterocycles. The number of rotatable bonds is 4. The Kier molecular flexibility index (Phi) is 3.48. The molecule has 1 aromatic heterocycles. The smallest absolute Gasteiger partial charge is 0.255 e. The van der Waals surface area contributed by atoms with Gasteiger partial charge in [-0.3, -0.25) is 4.68 Å². The number of aromatic nitrogens is 2. The van der Waals surface area contributed by atoms with E-state index in [1.54, 1.807) is 7.05 Å². The predicted octanol–water partition coefficient (Wildman–Crippen LogP) is -0.434. The molecule has 15 heavy (non-hydrogen) atoms. The fourth-order valence-electron chi connectivity index (χ4n) is 1.27. The average Bonchev–Trinajstić information content (AvgIpc) is 2.42. The van der Waals surface area contributed by atoms with Gasteiger partial charge in [0.1, 0.15) is 0 Å². The Bertz CT molecular complexity index is 435. The van der Waals surface area contributed by atoms with Gasteiger partial charge >= 0.3 is 0 Å². The van der Waals surface area contributed by atoms with E-state index in [1.165, 1.54) is 10.9 Å². The lowest BCUT2D eigenvalue weighted by Gasteiger charge is -2.08. The van der Waals surface area contributed by atoms with Crippen molar-refractivity contribution in [3.05, 3.63) is 11.8 Å². The van der Waals surface area contributed by atoms with Crippen LogP contribution < -0.4 is 10.5 Å². The first kappa shape index (κ1) is 12.2. The van der Waals surface area contributed by atoms with Gasteiger partial charge < -0.3 is 5.32 Å². The van der Waals surface area contributed by atoms with Crippen molar-refractivity contribution in [1.29, 1.82) is 0 Å². The van der Waals surface area contributed by atoms with E-state index >= 15 is 0 Å². The highest BCUT2D eigenvalue weighted by Crippen LogP contribution is 2.12. The summed E-state index contributed by atoms with van der Waals surface area (Å²) in [6.45, 7) is 4.40. The molecule has 1 rings (SSSR count). The van der Waals surface area contributed by atoms with Crippen LogP contribution in [-0.2, 0) is 23.6 Å². The first-order valence-electron chi connectivity index (χ1n) is 4.59. The normalized spacial score (nSPS) is 12.3.